The van der Waals surface area contributed by atoms with E-state index in [2.05, 4.69) is 22.6 Å². The number of rotatable bonds is 9. The lowest BCUT2D eigenvalue weighted by molar-refractivity contribution is 0.414. The van der Waals surface area contributed by atoms with Gasteiger partial charge in [0.2, 0.25) is 0 Å². The number of benzene rings is 3. The number of ether oxygens (including phenoxy) is 1. The van der Waals surface area contributed by atoms with Crippen LogP contribution in [-0.2, 0) is 39.0 Å². The summed E-state index contributed by atoms with van der Waals surface area (Å²) in [6.07, 6.45) is 0.897. The lowest BCUT2D eigenvalue weighted by atomic mass is 9.78. The zero-order valence-corrected chi connectivity index (χ0v) is 21.6. The van der Waals surface area contributed by atoms with Gasteiger partial charge in [0.05, 0.1) is 20.2 Å². The molecule has 35 heavy (non-hydrogen) atoms. The molecule has 0 N–H and O–H groups in total. The van der Waals surface area contributed by atoms with E-state index in [-0.39, 0.29) is 24.3 Å². The first kappa shape index (κ1) is 26.6. The topological polar surface area (TPSA) is 77.3 Å². The van der Waals surface area contributed by atoms with Crippen LogP contribution in [0.15, 0.2) is 81.5 Å². The van der Waals surface area contributed by atoms with Crippen molar-refractivity contribution in [2.24, 2.45) is 8.73 Å². The summed E-state index contributed by atoms with van der Waals surface area (Å²) >= 11 is 0. The molecule has 0 bridgehead atoms. The number of hydrogen-bond donors (Lipinski definition) is 0. The van der Waals surface area contributed by atoms with Gasteiger partial charge in [0.25, 0.3) is 0 Å². The molecule has 0 aliphatic rings. The molecule has 0 heterocycles. The van der Waals surface area contributed by atoms with Crippen molar-refractivity contribution in [2.45, 2.75) is 32.4 Å². The number of halogens is 2. The molecule has 2 atom stereocenters. The molecule has 0 fully saturated rings. The summed E-state index contributed by atoms with van der Waals surface area (Å²) in [6, 6.07) is 21.0. The van der Waals surface area contributed by atoms with Crippen molar-refractivity contribution in [2.75, 3.05) is 13.4 Å². The maximum absolute atomic E-state index is 14.6. The maximum atomic E-state index is 14.6. The van der Waals surface area contributed by atoms with Gasteiger partial charge in [-0.05, 0) is 46.5 Å². The predicted octanol–water partition coefficient (Wildman–Crippen LogP) is 6.35. The lowest BCUT2D eigenvalue weighted by Crippen LogP contribution is -2.18. The van der Waals surface area contributed by atoms with Crippen LogP contribution in [0.1, 0.15) is 36.1 Å². The second-order valence-electron chi connectivity index (χ2n) is 8.48. The van der Waals surface area contributed by atoms with Crippen LogP contribution in [0, 0.1) is 0 Å². The minimum Gasteiger partial charge on any atom is -0.497 e. The summed E-state index contributed by atoms with van der Waals surface area (Å²) in [4.78, 5) is 0. The average Bonchev–Trinajstić information content (AvgIpc) is 2.81. The van der Waals surface area contributed by atoms with Crippen LogP contribution < -0.4 is 8.92 Å². The molecule has 3 aromatic carbocycles. The van der Waals surface area contributed by atoms with Gasteiger partial charge in [0.15, 0.2) is 10.1 Å². The summed E-state index contributed by atoms with van der Waals surface area (Å²) < 4.78 is 68.3. The van der Waals surface area contributed by atoms with Gasteiger partial charge in [0, 0.05) is 11.7 Å². The minimum absolute atomic E-state index is 0.0868. The molecule has 0 aliphatic carbocycles. The molecule has 0 saturated heterocycles. The quantitative estimate of drug-likeness (QED) is 0.307. The molecule has 0 aromatic heterocycles. The lowest BCUT2D eigenvalue weighted by Gasteiger charge is -2.26. The van der Waals surface area contributed by atoms with Gasteiger partial charge in [-0.3, -0.25) is 0 Å². The molecule has 0 amide bonds. The van der Waals surface area contributed by atoms with Crippen molar-refractivity contribution in [1.29, 1.82) is 0 Å². The number of methoxy groups -OCH3 is 1. The first-order chi connectivity index (χ1) is 16.4. The average molecular weight is 523 g/mol. The molecule has 10 heteroatoms. The first-order valence-electron chi connectivity index (χ1n) is 10.7. The van der Waals surface area contributed by atoms with E-state index in [0.29, 0.717) is 11.1 Å². The first-order valence-corrected chi connectivity index (χ1v) is 13.9. The Kier molecular flexibility index (Phi) is 8.17. The molecule has 0 radical (unpaired) electrons. The predicted molar refractivity (Wildman–Crippen MR) is 135 cm³/mol. The number of nitrogens with zero attached hydrogens (tertiary/aromatic N) is 2. The Balaban J connectivity index is 1.70. The Morgan fingerprint density at radius 1 is 0.800 bits per heavy atom. The molecule has 3 aromatic rings. The van der Waals surface area contributed by atoms with Crippen molar-refractivity contribution in [3.63, 3.8) is 0 Å². The summed E-state index contributed by atoms with van der Waals surface area (Å²) in [5.74, 6) is 0.853. The zero-order chi connectivity index (χ0) is 25.7. The molecule has 3 rings (SSSR count). The number of hydrogen-bond acceptors (Lipinski definition) is 6. The van der Waals surface area contributed by atoms with Gasteiger partial charge in [0.1, 0.15) is 11.5 Å². The van der Waals surface area contributed by atoms with Crippen molar-refractivity contribution < 1.29 is 25.1 Å². The minimum atomic E-state index is -4.46. The van der Waals surface area contributed by atoms with Crippen molar-refractivity contribution in [1.82, 2.24) is 0 Å². The smallest absolute Gasteiger partial charge is 0.377 e. The van der Waals surface area contributed by atoms with E-state index in [1.165, 1.54) is 0 Å². The Morgan fingerprint density at radius 2 is 1.29 bits per heavy atom. The molecule has 188 valence electrons. The van der Waals surface area contributed by atoms with Crippen molar-refractivity contribution >= 4 is 20.5 Å². The SMILES string of the molecule is COc1ccc(C(C)(C)c2ccc(OS(=O)(F)=NCc3cccc(CN=S(C)(=O)F)c3)cc2)cc1. The highest BCUT2D eigenvalue weighted by Gasteiger charge is 2.23. The highest BCUT2D eigenvalue weighted by molar-refractivity contribution is 7.87. The third-order valence-corrected chi connectivity index (χ3v) is 6.88. The van der Waals surface area contributed by atoms with Crippen molar-refractivity contribution in [3.8, 4) is 11.5 Å². The van der Waals surface area contributed by atoms with Crippen LogP contribution >= 0.6 is 0 Å². The molecule has 0 aliphatic heterocycles. The Hall–Kier alpha value is -2.98. The van der Waals surface area contributed by atoms with E-state index in [1.54, 1.807) is 55.6 Å². The second kappa shape index (κ2) is 10.7. The fourth-order valence-electron chi connectivity index (χ4n) is 3.41. The van der Waals surface area contributed by atoms with E-state index >= 15 is 0 Å². The molecule has 2 unspecified atom stereocenters. The summed E-state index contributed by atoms with van der Waals surface area (Å²) in [5, 5.41) is 0. The maximum Gasteiger partial charge on any atom is 0.377 e. The van der Waals surface area contributed by atoms with Gasteiger partial charge in [-0.2, -0.15) is 8.57 Å². The van der Waals surface area contributed by atoms with E-state index in [0.717, 1.165) is 23.1 Å². The van der Waals surface area contributed by atoms with E-state index < -0.39 is 20.5 Å². The highest BCUT2D eigenvalue weighted by atomic mass is 32.3. The third kappa shape index (κ3) is 7.76. The fourth-order valence-corrected chi connectivity index (χ4v) is 4.50. The fraction of sp³-hybridized carbons (Fsp3) is 0.280. The van der Waals surface area contributed by atoms with Crippen LogP contribution in [0.25, 0.3) is 0 Å². The van der Waals surface area contributed by atoms with E-state index in [9.17, 15) is 16.2 Å². The van der Waals surface area contributed by atoms with E-state index in [4.69, 9.17) is 8.92 Å². The Labute approximate surface area is 206 Å². The summed E-state index contributed by atoms with van der Waals surface area (Å²) in [7, 11) is -6.56. The molecule has 0 saturated carbocycles. The standard InChI is InChI=1S/C25H28F2N2O4S2/c1-25(2,21-8-12-23(32-3)13-9-21)22-10-14-24(15-11-22)33-35(27,31)29-18-20-7-5-6-19(16-20)17-28-34(4,26)30/h5-16H,17-18H2,1-4H3. The molecule has 0 spiro atoms. The van der Waals surface area contributed by atoms with Gasteiger partial charge < -0.3 is 8.92 Å². The van der Waals surface area contributed by atoms with Gasteiger partial charge in [-0.15, -0.1) is 3.89 Å². The van der Waals surface area contributed by atoms with Gasteiger partial charge in [-0.1, -0.05) is 66.3 Å². The Bertz CT molecular complexity index is 1400. The van der Waals surface area contributed by atoms with Crippen LogP contribution in [0.4, 0.5) is 7.77 Å². The Morgan fingerprint density at radius 3 is 1.77 bits per heavy atom. The monoisotopic (exact) mass is 522 g/mol. The van der Waals surface area contributed by atoms with Gasteiger partial charge >= 0.3 is 10.4 Å². The molecular formula is C25H28F2N2O4S2. The second-order valence-corrected chi connectivity index (χ2v) is 11.4. The molecule has 6 nitrogen and oxygen atoms in total. The van der Waals surface area contributed by atoms with Crippen LogP contribution in [0.3, 0.4) is 0 Å². The zero-order valence-electron chi connectivity index (χ0n) is 19.9. The van der Waals surface area contributed by atoms with Crippen LogP contribution in [0.2, 0.25) is 0 Å². The van der Waals surface area contributed by atoms with E-state index in [1.807, 2.05) is 24.3 Å². The van der Waals surface area contributed by atoms with Gasteiger partial charge in [-0.25, -0.2) is 8.57 Å². The highest BCUT2D eigenvalue weighted by Crippen LogP contribution is 2.33. The van der Waals surface area contributed by atoms with Crippen molar-refractivity contribution in [3.05, 3.63) is 95.1 Å². The summed E-state index contributed by atoms with van der Waals surface area (Å²) in [5.41, 5.74) is 2.80. The van der Waals surface area contributed by atoms with Crippen LogP contribution in [0.5, 0.6) is 11.5 Å². The molecular weight excluding hydrogens is 494 g/mol. The third-order valence-electron chi connectivity index (χ3n) is 5.46. The summed E-state index contributed by atoms with van der Waals surface area (Å²) in [6.45, 7) is 3.81. The largest absolute Gasteiger partial charge is 0.497 e. The van der Waals surface area contributed by atoms with Crippen LogP contribution in [-0.4, -0.2) is 21.8 Å². The normalized spacial score (nSPS) is 14.9.